The van der Waals surface area contributed by atoms with Gasteiger partial charge >= 0.3 is 0 Å². The summed E-state index contributed by atoms with van der Waals surface area (Å²) in [5.41, 5.74) is 4.58. The third-order valence-corrected chi connectivity index (χ3v) is 7.81. The second-order valence-corrected chi connectivity index (χ2v) is 10.4. The number of aromatic nitrogens is 3. The summed E-state index contributed by atoms with van der Waals surface area (Å²) in [6.45, 7) is 2.46. The second-order valence-electron chi connectivity index (χ2n) is 8.26. The van der Waals surface area contributed by atoms with E-state index in [1.54, 1.807) is 33.3 Å². The zero-order chi connectivity index (χ0) is 24.0. The van der Waals surface area contributed by atoms with E-state index in [1.807, 2.05) is 61.5 Å². The zero-order valence-corrected chi connectivity index (χ0v) is 20.0. The van der Waals surface area contributed by atoms with Crippen molar-refractivity contribution in [1.29, 1.82) is 0 Å². The van der Waals surface area contributed by atoms with Gasteiger partial charge in [0.2, 0.25) is 10.0 Å². The fourth-order valence-corrected chi connectivity index (χ4v) is 5.11. The molecule has 2 heterocycles. The van der Waals surface area contributed by atoms with Gasteiger partial charge in [-0.3, -0.25) is 9.36 Å². The Kier molecular flexibility index (Phi) is 5.34. The number of aryl methyl sites for hydroxylation is 1. The number of fused-ring (bicyclic) bond motifs is 3. The summed E-state index contributed by atoms with van der Waals surface area (Å²) in [5.74, 6) is 0. The van der Waals surface area contributed by atoms with Crippen LogP contribution in [0, 0.1) is 0 Å². The maximum atomic E-state index is 13.3. The fourth-order valence-electron chi connectivity index (χ4n) is 4.16. The van der Waals surface area contributed by atoms with Crippen LogP contribution in [0.25, 0.3) is 38.9 Å². The molecule has 5 rings (SSSR count). The molecule has 0 aliphatic heterocycles. The number of nitrogens with zero attached hydrogens (tertiary/aromatic N) is 4. The Labute approximate surface area is 197 Å². The number of hydrogen-bond donors (Lipinski definition) is 0. The molecule has 0 N–H and O–H groups in total. The molecule has 0 saturated heterocycles. The Hall–Kier alpha value is -3.75. The monoisotopic (exact) mass is 472 g/mol. The fraction of sp³-hybridized carbons (Fsp3) is 0.154. The number of rotatable bonds is 5. The number of sulfonamides is 1. The maximum absolute atomic E-state index is 13.3. The first-order chi connectivity index (χ1) is 16.3. The van der Waals surface area contributed by atoms with Crippen molar-refractivity contribution in [1.82, 2.24) is 18.5 Å². The van der Waals surface area contributed by atoms with Crippen LogP contribution in [0.2, 0.25) is 0 Å². The smallest absolute Gasteiger partial charge is 0.261 e. The molecule has 2 aromatic heterocycles. The minimum absolute atomic E-state index is 0.0833. The topological polar surface area (TPSA) is 76.7 Å². The van der Waals surface area contributed by atoms with Crippen LogP contribution in [0.1, 0.15) is 6.92 Å². The van der Waals surface area contributed by atoms with E-state index in [1.165, 1.54) is 18.4 Å². The third kappa shape index (κ3) is 3.52. The summed E-state index contributed by atoms with van der Waals surface area (Å²) in [4.78, 5) is 13.5. The van der Waals surface area contributed by atoms with Gasteiger partial charge in [0.25, 0.3) is 5.56 Å². The number of benzene rings is 3. The highest BCUT2D eigenvalue weighted by atomic mass is 32.2. The highest BCUT2D eigenvalue weighted by Crippen LogP contribution is 2.28. The predicted molar refractivity (Wildman–Crippen MR) is 134 cm³/mol. The van der Waals surface area contributed by atoms with Crippen LogP contribution in [0.15, 0.2) is 88.6 Å². The van der Waals surface area contributed by atoms with Gasteiger partial charge in [0.15, 0.2) is 0 Å². The highest BCUT2D eigenvalue weighted by Gasteiger charge is 2.19. The van der Waals surface area contributed by atoms with Gasteiger partial charge in [0, 0.05) is 32.3 Å². The summed E-state index contributed by atoms with van der Waals surface area (Å²) < 4.78 is 30.0. The van der Waals surface area contributed by atoms with Crippen molar-refractivity contribution in [3.8, 4) is 22.4 Å². The molecule has 0 atom stereocenters. The van der Waals surface area contributed by atoms with E-state index in [-0.39, 0.29) is 10.5 Å². The van der Waals surface area contributed by atoms with Crippen LogP contribution in [0.5, 0.6) is 0 Å². The average Bonchev–Trinajstić information content (AvgIpc) is 3.30. The molecule has 5 aromatic rings. The Morgan fingerprint density at radius 1 is 0.853 bits per heavy atom. The molecule has 0 unspecified atom stereocenters. The summed E-state index contributed by atoms with van der Waals surface area (Å²) in [6.07, 6.45) is 0. The molecular weight excluding hydrogens is 448 g/mol. The van der Waals surface area contributed by atoms with Crippen molar-refractivity contribution in [2.45, 2.75) is 18.4 Å². The first-order valence-electron chi connectivity index (χ1n) is 11.0. The van der Waals surface area contributed by atoms with Crippen LogP contribution < -0.4 is 5.56 Å². The first-order valence-corrected chi connectivity index (χ1v) is 12.4. The van der Waals surface area contributed by atoms with Crippen molar-refractivity contribution >= 4 is 26.6 Å². The van der Waals surface area contributed by atoms with Crippen molar-refractivity contribution in [3.05, 3.63) is 89.2 Å². The normalized spacial score (nSPS) is 12.1. The van der Waals surface area contributed by atoms with E-state index in [2.05, 4.69) is 0 Å². The minimum Gasteiger partial charge on any atom is -0.293 e. The minimum atomic E-state index is -3.57. The average molecular weight is 473 g/mol. The number of hydrogen-bond acceptors (Lipinski definition) is 4. The van der Waals surface area contributed by atoms with E-state index in [9.17, 15) is 13.2 Å². The maximum Gasteiger partial charge on any atom is 0.261 e. The SMILES string of the molecule is CCn1c(=O)c2ccc(-c3cccc(S(=O)(=O)N(C)C)c3)cc2n2nc(-c3ccccc3)cc12. The van der Waals surface area contributed by atoms with Crippen molar-refractivity contribution in [3.63, 3.8) is 0 Å². The van der Waals surface area contributed by atoms with Crippen LogP contribution in [0.4, 0.5) is 0 Å². The van der Waals surface area contributed by atoms with Crippen LogP contribution in [0.3, 0.4) is 0 Å². The molecule has 0 amide bonds. The summed E-state index contributed by atoms with van der Waals surface area (Å²) in [7, 11) is -0.546. The second kappa shape index (κ2) is 8.23. The van der Waals surface area contributed by atoms with Crippen molar-refractivity contribution in [2.24, 2.45) is 0 Å². The summed E-state index contributed by atoms with van der Waals surface area (Å²) >= 11 is 0. The van der Waals surface area contributed by atoms with Gasteiger partial charge in [-0.25, -0.2) is 17.2 Å². The van der Waals surface area contributed by atoms with Crippen LogP contribution in [-0.2, 0) is 16.6 Å². The molecule has 0 spiro atoms. The molecule has 8 heteroatoms. The lowest BCUT2D eigenvalue weighted by Crippen LogP contribution is -2.22. The lowest BCUT2D eigenvalue weighted by Gasteiger charge is -2.13. The van der Waals surface area contributed by atoms with E-state index in [0.29, 0.717) is 23.1 Å². The van der Waals surface area contributed by atoms with Crippen molar-refractivity contribution in [2.75, 3.05) is 14.1 Å². The van der Waals surface area contributed by atoms with E-state index in [0.717, 1.165) is 22.4 Å². The van der Waals surface area contributed by atoms with Crippen LogP contribution >= 0.6 is 0 Å². The zero-order valence-electron chi connectivity index (χ0n) is 19.1. The van der Waals surface area contributed by atoms with Crippen LogP contribution in [-0.4, -0.2) is 41.0 Å². The lowest BCUT2D eigenvalue weighted by atomic mass is 10.0. The molecule has 0 radical (unpaired) electrons. The first kappa shape index (κ1) is 22.1. The molecule has 0 bridgehead atoms. The molecule has 0 aliphatic rings. The van der Waals surface area contributed by atoms with E-state index < -0.39 is 10.0 Å². The predicted octanol–water partition coefficient (Wildman–Crippen LogP) is 4.25. The molecule has 34 heavy (non-hydrogen) atoms. The Balaban J connectivity index is 1.76. The van der Waals surface area contributed by atoms with Gasteiger partial charge in [-0.15, -0.1) is 0 Å². The summed E-state index contributed by atoms with van der Waals surface area (Å²) in [5, 5.41) is 5.38. The quantitative estimate of drug-likeness (QED) is 0.383. The van der Waals surface area contributed by atoms with Gasteiger partial charge in [-0.1, -0.05) is 48.5 Å². The third-order valence-electron chi connectivity index (χ3n) is 6.00. The largest absolute Gasteiger partial charge is 0.293 e. The van der Waals surface area contributed by atoms with E-state index in [4.69, 9.17) is 5.10 Å². The Morgan fingerprint density at radius 2 is 1.56 bits per heavy atom. The summed E-state index contributed by atoms with van der Waals surface area (Å²) in [6, 6.07) is 24.1. The Bertz CT molecular complexity index is 1700. The van der Waals surface area contributed by atoms with Crippen molar-refractivity contribution < 1.29 is 8.42 Å². The molecule has 0 saturated carbocycles. The highest BCUT2D eigenvalue weighted by molar-refractivity contribution is 7.89. The molecule has 3 aromatic carbocycles. The van der Waals surface area contributed by atoms with Gasteiger partial charge in [0.05, 0.1) is 21.5 Å². The van der Waals surface area contributed by atoms with Gasteiger partial charge in [0.1, 0.15) is 5.65 Å². The molecule has 172 valence electrons. The Morgan fingerprint density at radius 3 is 2.26 bits per heavy atom. The standard InChI is InChI=1S/C26H24N4O3S/c1-4-29-25-17-23(18-9-6-5-7-10-18)27-30(25)24-16-20(13-14-22(24)26(29)31)19-11-8-12-21(15-19)34(32,33)28(2)3/h5-17H,4H2,1-3H3. The van der Waals surface area contributed by atoms with E-state index >= 15 is 0 Å². The molecule has 0 fully saturated rings. The molecule has 0 aliphatic carbocycles. The van der Waals surface area contributed by atoms with Gasteiger partial charge < -0.3 is 0 Å². The van der Waals surface area contributed by atoms with Gasteiger partial charge in [-0.2, -0.15) is 5.10 Å². The molecular formula is C26H24N4O3S. The lowest BCUT2D eigenvalue weighted by molar-refractivity contribution is 0.521. The van der Waals surface area contributed by atoms with Gasteiger partial charge in [-0.05, 0) is 42.3 Å². The molecule has 7 nitrogen and oxygen atoms in total.